The highest BCUT2D eigenvalue weighted by Crippen LogP contribution is 2.73. The second-order valence-corrected chi connectivity index (χ2v) is 13.9. The quantitative estimate of drug-likeness (QED) is 0.177. The molecule has 0 atom stereocenters. The highest BCUT2D eigenvalue weighted by Gasteiger charge is 2.59. The third kappa shape index (κ3) is 3.31. The molecule has 4 aliphatic rings. The molecule has 2 saturated carbocycles. The Morgan fingerprint density at radius 1 is 0.744 bits per heavy atom. The van der Waals surface area contributed by atoms with Crippen LogP contribution in [0.3, 0.4) is 0 Å². The molecule has 3 heterocycles. The van der Waals surface area contributed by atoms with Crippen LogP contribution in [0.4, 0.5) is 10.0 Å². The molecule has 39 heavy (non-hydrogen) atoms. The van der Waals surface area contributed by atoms with Gasteiger partial charge in [-0.25, -0.2) is 10.5 Å². The van der Waals surface area contributed by atoms with Gasteiger partial charge in [0.2, 0.25) is 10.0 Å². The molecule has 190 valence electrons. The van der Waals surface area contributed by atoms with E-state index in [4.69, 9.17) is 13.1 Å². The number of aliphatic imine (C=N–C) groups is 2. The number of fused-ring (bicyclic) bond motifs is 10. The molecular formula is C30H22N6S3. The lowest BCUT2D eigenvalue weighted by Crippen LogP contribution is -2.28. The Hall–Kier alpha value is -3.60. The third-order valence-corrected chi connectivity index (χ3v) is 12.4. The van der Waals surface area contributed by atoms with Crippen LogP contribution in [0.25, 0.3) is 30.2 Å². The summed E-state index contributed by atoms with van der Waals surface area (Å²) in [6.07, 6.45) is 11.8. The summed E-state index contributed by atoms with van der Waals surface area (Å²) < 4.78 is 2.49. The van der Waals surface area contributed by atoms with Gasteiger partial charge in [-0.3, -0.25) is 0 Å². The second kappa shape index (κ2) is 8.97. The minimum atomic E-state index is -0.123. The van der Waals surface area contributed by atoms with Crippen LogP contribution in [-0.2, 0) is 10.8 Å². The summed E-state index contributed by atoms with van der Waals surface area (Å²) in [5.74, 6) is -0.230. The Morgan fingerprint density at radius 3 is 1.90 bits per heavy atom. The van der Waals surface area contributed by atoms with Crippen molar-refractivity contribution in [2.24, 2.45) is 9.98 Å². The summed E-state index contributed by atoms with van der Waals surface area (Å²) in [4.78, 5) is 18.2. The van der Waals surface area contributed by atoms with Crippen LogP contribution in [0.5, 0.6) is 0 Å². The number of thiophene rings is 3. The molecule has 7 rings (SSSR count). The lowest BCUT2D eigenvalue weighted by atomic mass is 9.67. The monoisotopic (exact) mass is 562 g/mol. The lowest BCUT2D eigenvalue weighted by Gasteiger charge is -2.37. The molecule has 2 spiro atoms. The van der Waals surface area contributed by atoms with Gasteiger partial charge < -0.3 is 9.69 Å². The molecule has 4 aliphatic carbocycles. The highest BCUT2D eigenvalue weighted by atomic mass is 32.1. The van der Waals surface area contributed by atoms with Crippen molar-refractivity contribution in [3.05, 3.63) is 55.8 Å². The highest BCUT2D eigenvalue weighted by molar-refractivity contribution is 7.30. The molecule has 2 fully saturated rings. The van der Waals surface area contributed by atoms with E-state index >= 15 is 0 Å². The van der Waals surface area contributed by atoms with E-state index in [1.807, 2.05) is 23.5 Å². The maximum absolute atomic E-state index is 9.37. The van der Waals surface area contributed by atoms with E-state index in [0.29, 0.717) is 0 Å². The molecule has 0 N–H and O–H groups in total. The van der Waals surface area contributed by atoms with Crippen molar-refractivity contribution in [3.63, 3.8) is 0 Å². The predicted octanol–water partition coefficient (Wildman–Crippen LogP) is 9.31. The fourth-order valence-corrected chi connectivity index (χ4v) is 11.7. The van der Waals surface area contributed by atoms with Gasteiger partial charge in [-0.1, -0.05) is 84.3 Å². The summed E-state index contributed by atoms with van der Waals surface area (Å²) in [5, 5.41) is 20.1. The van der Waals surface area contributed by atoms with Gasteiger partial charge in [-0.15, -0.1) is 11.3 Å². The first-order chi connectivity index (χ1) is 19.1. The predicted molar refractivity (Wildman–Crippen MR) is 159 cm³/mol. The van der Waals surface area contributed by atoms with Crippen LogP contribution in [0.2, 0.25) is 0 Å². The number of rotatable bonds is 2. The van der Waals surface area contributed by atoms with Crippen molar-refractivity contribution in [2.75, 3.05) is 0 Å². The maximum Gasteiger partial charge on any atom is 0.350 e. The number of hydrogen-bond acceptors (Lipinski definition) is 7. The van der Waals surface area contributed by atoms with Gasteiger partial charge in [0.25, 0.3) is 0 Å². The van der Waals surface area contributed by atoms with E-state index in [-0.39, 0.29) is 22.5 Å². The SMILES string of the molecule is [C-]#[N+]/C(C#N)=N\c1cc2sc3c(c2s1)C1(CCCCC1)C1=C3C2(CCCCC2)c2cc(/N=C(\C#N)[N+]#[C-])sc21. The van der Waals surface area contributed by atoms with E-state index in [9.17, 15) is 10.5 Å². The number of amidine groups is 2. The normalized spacial score (nSPS) is 20.8. The molecule has 0 aromatic carbocycles. The number of nitriles is 2. The van der Waals surface area contributed by atoms with Crippen molar-refractivity contribution in [3.8, 4) is 12.1 Å². The Bertz CT molecular complexity index is 1790. The van der Waals surface area contributed by atoms with Crippen LogP contribution >= 0.6 is 34.0 Å². The molecule has 0 unspecified atom stereocenters. The van der Waals surface area contributed by atoms with Crippen LogP contribution < -0.4 is 0 Å². The van der Waals surface area contributed by atoms with Gasteiger partial charge >= 0.3 is 11.7 Å². The zero-order chi connectivity index (χ0) is 26.8. The van der Waals surface area contributed by atoms with Gasteiger partial charge in [0.05, 0.1) is 9.40 Å². The summed E-state index contributed by atoms with van der Waals surface area (Å²) in [5.41, 5.74) is 5.83. The van der Waals surface area contributed by atoms with E-state index in [1.165, 1.54) is 74.4 Å². The summed E-state index contributed by atoms with van der Waals surface area (Å²) in [6.45, 7) is 14.6. The number of nitrogens with zero attached hydrogens (tertiary/aromatic N) is 6. The van der Waals surface area contributed by atoms with Crippen LogP contribution in [-0.4, -0.2) is 11.7 Å². The van der Waals surface area contributed by atoms with Crippen molar-refractivity contribution in [1.82, 2.24) is 0 Å². The number of hydrogen-bond donors (Lipinski definition) is 0. The zero-order valence-electron chi connectivity index (χ0n) is 21.1. The standard InChI is InChI=1S/C30H22N6S3/c1-33-19(15-31)35-21-13-17-26(38-21)23-24(29(17)9-5-3-6-10-29)28-25(30(23)11-7-4-8-12-30)27-18(37-28)14-22(39-27)36-20(16-32)34-2/h13-14H,3-12H2/b35-19+,36-20-. The van der Waals surface area contributed by atoms with Gasteiger partial charge in [-0.2, -0.15) is 0 Å². The van der Waals surface area contributed by atoms with E-state index in [1.54, 1.807) is 28.2 Å². The fraction of sp³-hybridized carbons (Fsp3) is 0.400. The van der Waals surface area contributed by atoms with E-state index in [2.05, 4.69) is 31.8 Å². The van der Waals surface area contributed by atoms with Gasteiger partial charge in [0.15, 0.2) is 0 Å². The molecule has 3 aromatic rings. The Balaban J connectivity index is 1.49. The average Bonchev–Trinajstić information content (AvgIpc) is 3.73. The molecule has 0 saturated heterocycles. The summed E-state index contributed by atoms with van der Waals surface area (Å²) in [7, 11) is 0. The Labute approximate surface area is 238 Å². The first-order valence-corrected chi connectivity index (χ1v) is 15.7. The van der Waals surface area contributed by atoms with Crippen LogP contribution in [0, 0.1) is 35.8 Å². The zero-order valence-corrected chi connectivity index (χ0v) is 23.6. The first-order valence-electron chi connectivity index (χ1n) is 13.3. The molecule has 9 heteroatoms. The summed E-state index contributed by atoms with van der Waals surface area (Å²) in [6, 6.07) is 8.10. The molecule has 0 bridgehead atoms. The van der Waals surface area contributed by atoms with Crippen molar-refractivity contribution < 1.29 is 0 Å². The van der Waals surface area contributed by atoms with E-state index in [0.717, 1.165) is 35.7 Å². The smallest absolute Gasteiger partial charge is 0.350 e. The number of allylic oxidation sites excluding steroid dienone is 2. The molecule has 0 radical (unpaired) electrons. The minimum Gasteiger partial charge on any atom is -0.351 e. The van der Waals surface area contributed by atoms with Gasteiger partial charge in [0, 0.05) is 32.7 Å². The van der Waals surface area contributed by atoms with Crippen molar-refractivity contribution >= 4 is 76.2 Å². The maximum atomic E-state index is 9.37. The Morgan fingerprint density at radius 2 is 1.31 bits per heavy atom. The van der Waals surface area contributed by atoms with Crippen molar-refractivity contribution in [1.29, 1.82) is 10.5 Å². The first kappa shape index (κ1) is 24.4. The van der Waals surface area contributed by atoms with E-state index < -0.39 is 0 Å². The molecule has 3 aromatic heterocycles. The van der Waals surface area contributed by atoms with Crippen LogP contribution in [0.15, 0.2) is 22.1 Å². The largest absolute Gasteiger partial charge is 0.351 e. The second-order valence-electron chi connectivity index (χ2n) is 10.8. The fourth-order valence-electron chi connectivity index (χ4n) is 7.60. The minimum absolute atomic E-state index is 0.0279. The Kier molecular flexibility index (Phi) is 5.62. The van der Waals surface area contributed by atoms with Gasteiger partial charge in [-0.05, 0) is 48.0 Å². The molecule has 6 nitrogen and oxygen atoms in total. The third-order valence-electron chi connectivity index (χ3n) is 8.98. The lowest BCUT2D eigenvalue weighted by molar-refractivity contribution is 0.374. The summed E-state index contributed by atoms with van der Waals surface area (Å²) >= 11 is 5.17. The molecular weight excluding hydrogens is 541 g/mol. The topological polar surface area (TPSA) is 81.0 Å². The molecule has 0 amide bonds. The van der Waals surface area contributed by atoms with Crippen LogP contribution in [0.1, 0.15) is 85.1 Å². The molecule has 0 aliphatic heterocycles. The van der Waals surface area contributed by atoms with Crippen molar-refractivity contribution in [2.45, 2.75) is 75.0 Å². The van der Waals surface area contributed by atoms with Gasteiger partial charge in [0.1, 0.15) is 12.1 Å². The average molecular weight is 563 g/mol.